The molecular formula is C9H5NO4S2. The van der Waals surface area contributed by atoms with Crippen molar-refractivity contribution in [3.63, 3.8) is 0 Å². The third kappa shape index (κ3) is 1.88. The first-order valence-electron chi connectivity index (χ1n) is 4.12. The molecule has 0 saturated heterocycles. The summed E-state index contributed by atoms with van der Waals surface area (Å²) in [6, 6.07) is 4.58. The molecule has 1 aromatic rings. The summed E-state index contributed by atoms with van der Waals surface area (Å²) in [5.41, 5.74) is 0.626. The van der Waals surface area contributed by atoms with Crippen LogP contribution in [0, 0.1) is 0 Å². The molecular weight excluding hydrogens is 250 g/mol. The van der Waals surface area contributed by atoms with Crippen LogP contribution in [0.5, 0.6) is 5.75 Å². The number of carbonyl (C=O) groups excluding carboxylic acids is 1. The van der Waals surface area contributed by atoms with E-state index >= 15 is 0 Å². The lowest BCUT2D eigenvalue weighted by atomic mass is 10.2. The summed E-state index contributed by atoms with van der Waals surface area (Å²) in [5.74, 6) is 0.189. The van der Waals surface area contributed by atoms with E-state index in [-0.39, 0.29) is 10.6 Å². The largest absolute Gasteiger partial charge is 0.419 e. The van der Waals surface area contributed by atoms with Crippen LogP contribution in [0.25, 0.3) is 6.08 Å². The van der Waals surface area contributed by atoms with Crippen LogP contribution in [0.4, 0.5) is 0 Å². The molecule has 1 aliphatic heterocycles. The summed E-state index contributed by atoms with van der Waals surface area (Å²) in [7, 11) is -4.02. The third-order valence-electron chi connectivity index (χ3n) is 1.88. The van der Waals surface area contributed by atoms with E-state index in [9.17, 15) is 13.2 Å². The molecule has 0 unspecified atom stereocenters. The van der Waals surface area contributed by atoms with Crippen molar-refractivity contribution in [2.24, 2.45) is 4.40 Å². The lowest BCUT2D eigenvalue weighted by molar-refractivity contribution is 0.562. The molecule has 1 aliphatic rings. The quantitative estimate of drug-likeness (QED) is 0.457. The van der Waals surface area contributed by atoms with Crippen LogP contribution >= 0.6 is 12.0 Å². The molecule has 0 radical (unpaired) electrons. The number of hydrogen-bond donors (Lipinski definition) is 0. The summed E-state index contributed by atoms with van der Waals surface area (Å²) in [6.07, 6.45) is 2.74. The number of nitrogens with zero attached hydrogens (tertiary/aromatic N) is 1. The number of benzene rings is 1. The van der Waals surface area contributed by atoms with Crippen LogP contribution in [0.15, 0.2) is 32.9 Å². The van der Waals surface area contributed by atoms with Gasteiger partial charge in [-0.25, -0.2) is 4.79 Å². The van der Waals surface area contributed by atoms with Crippen LogP contribution in [-0.4, -0.2) is 14.5 Å². The molecule has 2 rings (SSSR count). The second kappa shape index (κ2) is 4.13. The van der Waals surface area contributed by atoms with Gasteiger partial charge in [0, 0.05) is 11.0 Å². The van der Waals surface area contributed by atoms with Gasteiger partial charge in [-0.15, -0.1) is 0 Å². The maximum atomic E-state index is 11.6. The molecule has 7 heteroatoms. The average Bonchev–Trinajstić information content (AvgIpc) is 2.28. The summed E-state index contributed by atoms with van der Waals surface area (Å²) in [5, 5.41) is 1.68. The van der Waals surface area contributed by atoms with Gasteiger partial charge in [0.1, 0.15) is 4.90 Å². The molecule has 0 aromatic heterocycles. The molecule has 1 aromatic carbocycles. The second-order valence-electron chi connectivity index (χ2n) is 2.81. The van der Waals surface area contributed by atoms with E-state index in [2.05, 4.69) is 4.40 Å². The monoisotopic (exact) mass is 255 g/mol. The molecule has 0 saturated carbocycles. The number of isocyanates is 1. The second-order valence-corrected chi connectivity index (χ2v) is 5.02. The lowest BCUT2D eigenvalue weighted by Gasteiger charge is -2.12. The minimum Gasteiger partial charge on any atom is -0.419 e. The Labute approximate surface area is 96.1 Å². The van der Waals surface area contributed by atoms with Gasteiger partial charge in [0.25, 0.3) is 16.1 Å². The molecule has 0 aliphatic carbocycles. The number of fused-ring (bicyclic) bond motifs is 1. The van der Waals surface area contributed by atoms with E-state index in [1.165, 1.54) is 6.07 Å². The SMILES string of the molecule is O=C=NS(=O)(=O)c1cccc2c1OSC=C2. The minimum absolute atomic E-state index is 0.134. The first-order valence-corrected chi connectivity index (χ1v) is 6.37. The van der Waals surface area contributed by atoms with Crippen LogP contribution < -0.4 is 4.18 Å². The van der Waals surface area contributed by atoms with Gasteiger partial charge in [0.2, 0.25) is 0 Å². The van der Waals surface area contributed by atoms with Gasteiger partial charge < -0.3 is 4.18 Å². The molecule has 0 atom stereocenters. The van der Waals surface area contributed by atoms with Crippen LogP contribution in [0.2, 0.25) is 0 Å². The van der Waals surface area contributed by atoms with Crippen molar-refractivity contribution in [2.45, 2.75) is 4.90 Å². The fourth-order valence-corrected chi connectivity index (χ4v) is 2.67. The van der Waals surface area contributed by atoms with Crippen LogP contribution in [-0.2, 0) is 14.8 Å². The molecule has 82 valence electrons. The third-order valence-corrected chi connectivity index (χ3v) is 3.58. The van der Waals surface area contributed by atoms with Crippen molar-refractivity contribution in [3.8, 4) is 5.75 Å². The van der Waals surface area contributed by atoms with Gasteiger partial charge in [0.05, 0.1) is 12.0 Å². The predicted molar refractivity (Wildman–Crippen MR) is 59.0 cm³/mol. The fourth-order valence-electron chi connectivity index (χ4n) is 1.23. The Morgan fingerprint density at radius 2 is 2.19 bits per heavy atom. The summed E-state index contributed by atoms with van der Waals surface area (Å²) in [4.78, 5) is 9.90. The highest BCUT2D eigenvalue weighted by molar-refractivity contribution is 7.98. The Bertz CT molecular complexity index is 600. The molecule has 16 heavy (non-hydrogen) atoms. The van der Waals surface area contributed by atoms with Gasteiger partial charge in [-0.2, -0.15) is 8.42 Å². The van der Waals surface area contributed by atoms with Gasteiger partial charge >= 0.3 is 0 Å². The van der Waals surface area contributed by atoms with E-state index in [1.807, 2.05) is 0 Å². The fraction of sp³-hybridized carbons (Fsp3) is 0. The molecule has 0 N–H and O–H groups in total. The van der Waals surface area contributed by atoms with Crippen molar-refractivity contribution in [1.82, 2.24) is 0 Å². The normalized spacial score (nSPS) is 13.5. The maximum absolute atomic E-state index is 11.6. The number of para-hydroxylation sites is 1. The number of hydrogen-bond acceptors (Lipinski definition) is 5. The van der Waals surface area contributed by atoms with Crippen molar-refractivity contribution in [3.05, 3.63) is 29.2 Å². The maximum Gasteiger partial charge on any atom is 0.296 e. The Hall–Kier alpha value is -1.56. The molecule has 0 bridgehead atoms. The van der Waals surface area contributed by atoms with Crippen molar-refractivity contribution in [1.29, 1.82) is 0 Å². The van der Waals surface area contributed by atoms with Crippen LogP contribution in [0.3, 0.4) is 0 Å². The topological polar surface area (TPSA) is 72.8 Å². The van der Waals surface area contributed by atoms with E-state index < -0.39 is 10.0 Å². The number of rotatable bonds is 2. The van der Waals surface area contributed by atoms with Gasteiger partial charge in [-0.05, 0) is 12.1 Å². The zero-order valence-electron chi connectivity index (χ0n) is 7.78. The summed E-state index contributed by atoms with van der Waals surface area (Å²) in [6.45, 7) is 0. The standard InChI is InChI=1S/C9H5NO4S2/c11-6-10-16(12,13)8-3-1-2-7-4-5-15-14-9(7)8/h1-5H. The van der Waals surface area contributed by atoms with E-state index in [1.54, 1.807) is 23.6 Å². The van der Waals surface area contributed by atoms with E-state index in [0.29, 0.717) is 5.56 Å². The first-order chi connectivity index (χ1) is 7.65. The Kier molecular flexibility index (Phi) is 2.82. The number of sulfonamides is 1. The Morgan fingerprint density at radius 3 is 2.94 bits per heavy atom. The minimum atomic E-state index is -4.02. The summed E-state index contributed by atoms with van der Waals surface area (Å²) >= 11 is 1.00. The van der Waals surface area contributed by atoms with Gasteiger partial charge in [0.15, 0.2) is 5.75 Å². The Balaban J connectivity index is 2.68. The van der Waals surface area contributed by atoms with Gasteiger partial charge in [-0.3, -0.25) is 0 Å². The molecule has 0 fully saturated rings. The average molecular weight is 255 g/mol. The van der Waals surface area contributed by atoms with E-state index in [0.717, 1.165) is 18.1 Å². The highest BCUT2D eigenvalue weighted by Gasteiger charge is 2.22. The van der Waals surface area contributed by atoms with E-state index in [4.69, 9.17) is 4.18 Å². The zero-order chi connectivity index (χ0) is 11.6. The highest BCUT2D eigenvalue weighted by atomic mass is 32.2. The first kappa shape index (κ1) is 10.9. The van der Waals surface area contributed by atoms with Crippen LogP contribution in [0.1, 0.15) is 5.56 Å². The molecule has 5 nitrogen and oxygen atoms in total. The Morgan fingerprint density at radius 1 is 1.38 bits per heavy atom. The van der Waals surface area contributed by atoms with Crippen molar-refractivity contribution < 1.29 is 17.4 Å². The van der Waals surface area contributed by atoms with Gasteiger partial charge in [-0.1, -0.05) is 16.5 Å². The zero-order valence-corrected chi connectivity index (χ0v) is 9.42. The highest BCUT2D eigenvalue weighted by Crippen LogP contribution is 2.36. The predicted octanol–water partition coefficient (Wildman–Crippen LogP) is 1.72. The summed E-state index contributed by atoms with van der Waals surface area (Å²) < 4.78 is 31.1. The smallest absolute Gasteiger partial charge is 0.296 e. The molecule has 0 spiro atoms. The molecule has 0 amide bonds. The lowest BCUT2D eigenvalue weighted by Crippen LogP contribution is -2.01. The van der Waals surface area contributed by atoms with Crippen molar-refractivity contribution in [2.75, 3.05) is 0 Å². The van der Waals surface area contributed by atoms with Crippen molar-refractivity contribution >= 4 is 34.2 Å². The molecule has 1 heterocycles.